The lowest BCUT2D eigenvalue weighted by atomic mass is 9.95. The van der Waals surface area contributed by atoms with Gasteiger partial charge in [-0.25, -0.2) is 0 Å². The van der Waals surface area contributed by atoms with Crippen LogP contribution < -0.4 is 5.32 Å². The topological polar surface area (TPSA) is 12.0 Å². The van der Waals surface area contributed by atoms with Crippen molar-refractivity contribution >= 4 is 33.4 Å². The van der Waals surface area contributed by atoms with Gasteiger partial charge in [0.05, 0.1) is 0 Å². The first kappa shape index (κ1) is 13.1. The maximum atomic E-state index is 3.65. The second-order valence-electron chi connectivity index (χ2n) is 4.98. The number of hydrogen-bond donors (Lipinski definition) is 1. The Morgan fingerprint density at radius 1 is 1.32 bits per heavy atom. The van der Waals surface area contributed by atoms with E-state index < -0.39 is 0 Å². The number of thioether (sulfide) groups is 1. The molecule has 19 heavy (non-hydrogen) atoms. The molecule has 1 aliphatic carbocycles. The van der Waals surface area contributed by atoms with E-state index in [2.05, 4.69) is 71.5 Å². The molecule has 3 heteroatoms. The molecular weight excluding hydrogens is 318 g/mol. The minimum atomic E-state index is 0.500. The molecule has 2 aliphatic rings. The number of rotatable bonds is 2. The Balaban J connectivity index is 1.94. The maximum Gasteiger partial charge on any atom is 0.0423 e. The van der Waals surface area contributed by atoms with Gasteiger partial charge in [0.1, 0.15) is 0 Å². The Morgan fingerprint density at radius 3 is 3.00 bits per heavy atom. The molecule has 0 unspecified atom stereocenters. The third kappa shape index (κ3) is 2.67. The van der Waals surface area contributed by atoms with Gasteiger partial charge >= 0.3 is 0 Å². The fourth-order valence-corrected chi connectivity index (χ4v) is 3.97. The molecule has 98 valence electrons. The van der Waals surface area contributed by atoms with Gasteiger partial charge in [-0.1, -0.05) is 52.0 Å². The van der Waals surface area contributed by atoms with Gasteiger partial charge in [0.15, 0.2) is 0 Å². The van der Waals surface area contributed by atoms with E-state index in [1.165, 1.54) is 26.8 Å². The Bertz CT molecular complexity index is 613. The summed E-state index contributed by atoms with van der Waals surface area (Å²) in [7, 11) is 0. The van der Waals surface area contributed by atoms with Crippen LogP contribution >= 0.6 is 27.7 Å². The van der Waals surface area contributed by atoms with Gasteiger partial charge in [0.25, 0.3) is 0 Å². The highest BCUT2D eigenvalue weighted by Crippen LogP contribution is 2.44. The van der Waals surface area contributed by atoms with Gasteiger partial charge in [-0.05, 0) is 42.9 Å². The summed E-state index contributed by atoms with van der Waals surface area (Å²) in [6.07, 6.45) is 7.83. The largest absolute Gasteiger partial charge is 0.358 e. The molecule has 0 saturated heterocycles. The second-order valence-corrected chi connectivity index (χ2v) is 7.24. The molecule has 1 N–H and O–H groups in total. The first-order valence-corrected chi connectivity index (χ1v) is 8.03. The highest BCUT2D eigenvalue weighted by Gasteiger charge is 2.24. The first-order chi connectivity index (χ1) is 9.13. The van der Waals surface area contributed by atoms with Crippen molar-refractivity contribution < 1.29 is 0 Å². The van der Waals surface area contributed by atoms with Crippen LogP contribution in [0.2, 0.25) is 0 Å². The van der Waals surface area contributed by atoms with Gasteiger partial charge in [0, 0.05) is 26.7 Å². The third-order valence-electron chi connectivity index (χ3n) is 3.55. The van der Waals surface area contributed by atoms with Crippen LogP contribution in [0.5, 0.6) is 0 Å². The first-order valence-electron chi connectivity index (χ1n) is 6.42. The maximum absolute atomic E-state index is 3.65. The van der Waals surface area contributed by atoms with E-state index >= 15 is 0 Å². The van der Waals surface area contributed by atoms with E-state index in [1.54, 1.807) is 0 Å². The van der Waals surface area contributed by atoms with Gasteiger partial charge in [-0.3, -0.25) is 0 Å². The highest BCUT2D eigenvalue weighted by molar-refractivity contribution is 9.10. The molecule has 0 radical (unpaired) electrons. The van der Waals surface area contributed by atoms with Crippen LogP contribution in [-0.4, -0.2) is 0 Å². The van der Waals surface area contributed by atoms with Crippen molar-refractivity contribution in [1.82, 2.24) is 0 Å². The second kappa shape index (κ2) is 5.22. The van der Waals surface area contributed by atoms with E-state index in [4.69, 9.17) is 0 Å². The summed E-state index contributed by atoms with van der Waals surface area (Å²) >= 11 is 5.44. The monoisotopic (exact) mass is 333 g/mol. The lowest BCUT2D eigenvalue weighted by Gasteiger charge is -2.30. The normalized spacial score (nSPS) is 21.4. The van der Waals surface area contributed by atoms with Crippen LogP contribution in [-0.2, 0) is 0 Å². The summed E-state index contributed by atoms with van der Waals surface area (Å²) in [5.74, 6) is 0.500. The Morgan fingerprint density at radius 2 is 2.16 bits per heavy atom. The van der Waals surface area contributed by atoms with E-state index in [-0.39, 0.29) is 0 Å². The number of nitrogens with one attached hydrogen (secondary N) is 1. The Labute approximate surface area is 127 Å². The number of benzene rings is 1. The van der Waals surface area contributed by atoms with E-state index in [9.17, 15) is 0 Å². The van der Waals surface area contributed by atoms with Crippen LogP contribution in [0.1, 0.15) is 18.9 Å². The summed E-state index contributed by atoms with van der Waals surface area (Å²) in [5.41, 5.74) is 3.81. The molecule has 0 spiro atoms. The zero-order chi connectivity index (χ0) is 13.4. The fraction of sp³-hybridized carbons (Fsp3) is 0.250. The van der Waals surface area contributed by atoms with Gasteiger partial charge in [-0.15, -0.1) is 0 Å². The van der Waals surface area contributed by atoms with Gasteiger partial charge in [0.2, 0.25) is 0 Å². The molecule has 1 heterocycles. The number of aryl methyl sites for hydroxylation is 1. The van der Waals surface area contributed by atoms with Crippen molar-refractivity contribution in [2.75, 3.05) is 5.32 Å². The van der Waals surface area contributed by atoms with Crippen LogP contribution in [0.25, 0.3) is 0 Å². The minimum Gasteiger partial charge on any atom is -0.358 e. The lowest BCUT2D eigenvalue weighted by molar-refractivity contribution is 0.752. The SMILES string of the molecule is CC1=C(Nc2cc(Br)ccc2C)[C@@H]2C=CC=C(C2)S1. The molecule has 0 saturated carbocycles. The number of hydrogen-bond acceptors (Lipinski definition) is 2. The number of fused-ring (bicyclic) bond motifs is 2. The predicted octanol–water partition coefficient (Wildman–Crippen LogP) is 5.61. The fourth-order valence-electron chi connectivity index (χ4n) is 2.49. The number of allylic oxidation sites excluding steroid dienone is 5. The molecule has 3 rings (SSSR count). The standard InChI is InChI=1S/C16H16BrNS/c1-10-6-7-13(17)9-15(10)18-16-11(2)19-14-5-3-4-12(16)8-14/h3-7,9,12,18H,8H2,1-2H3/t12-/m1/s1. The number of halogens is 1. The Hall–Kier alpha value is -0.930. The molecular formula is C16H16BrNS. The summed E-state index contributed by atoms with van der Waals surface area (Å²) in [6, 6.07) is 6.37. The van der Waals surface area contributed by atoms with Crippen molar-refractivity contribution in [2.24, 2.45) is 5.92 Å². The highest BCUT2D eigenvalue weighted by atomic mass is 79.9. The summed E-state index contributed by atoms with van der Waals surface area (Å²) < 4.78 is 1.11. The molecule has 1 atom stereocenters. The smallest absolute Gasteiger partial charge is 0.0423 e. The quantitative estimate of drug-likeness (QED) is 0.755. The van der Waals surface area contributed by atoms with Gasteiger partial charge < -0.3 is 5.32 Å². The van der Waals surface area contributed by atoms with Crippen LogP contribution in [0.4, 0.5) is 5.69 Å². The zero-order valence-corrected chi connectivity index (χ0v) is 13.4. The van der Waals surface area contributed by atoms with Crippen molar-refractivity contribution in [3.63, 3.8) is 0 Å². The molecule has 2 bridgehead atoms. The summed E-state index contributed by atoms with van der Waals surface area (Å²) in [6.45, 7) is 4.35. The van der Waals surface area contributed by atoms with Crippen LogP contribution in [0.15, 0.2) is 56.4 Å². The predicted molar refractivity (Wildman–Crippen MR) is 88.1 cm³/mol. The van der Waals surface area contributed by atoms with Crippen molar-refractivity contribution in [3.05, 3.63) is 62.0 Å². The lowest BCUT2D eigenvalue weighted by Crippen LogP contribution is -2.17. The zero-order valence-electron chi connectivity index (χ0n) is 11.0. The third-order valence-corrected chi connectivity index (χ3v) is 5.13. The van der Waals surface area contributed by atoms with E-state index in [0.717, 1.165) is 10.9 Å². The average Bonchev–Trinajstić information content (AvgIpc) is 2.38. The molecule has 1 nitrogen and oxygen atoms in total. The van der Waals surface area contributed by atoms with Crippen molar-refractivity contribution in [3.8, 4) is 0 Å². The molecule has 1 aromatic carbocycles. The van der Waals surface area contributed by atoms with E-state index in [0.29, 0.717) is 5.92 Å². The summed E-state index contributed by atoms with van der Waals surface area (Å²) in [4.78, 5) is 2.85. The summed E-state index contributed by atoms with van der Waals surface area (Å²) in [5, 5.41) is 3.65. The average molecular weight is 334 g/mol. The molecule has 0 amide bonds. The number of anilines is 1. The Kier molecular flexibility index (Phi) is 3.59. The van der Waals surface area contributed by atoms with Gasteiger partial charge in [-0.2, -0.15) is 0 Å². The van der Waals surface area contributed by atoms with E-state index in [1.807, 2.05) is 11.8 Å². The van der Waals surface area contributed by atoms with Crippen LogP contribution in [0, 0.1) is 12.8 Å². The molecule has 0 fully saturated rings. The molecule has 1 aromatic rings. The van der Waals surface area contributed by atoms with Crippen molar-refractivity contribution in [2.45, 2.75) is 20.3 Å². The minimum absolute atomic E-state index is 0.500. The molecule has 0 aromatic heterocycles. The molecule has 1 aliphatic heterocycles. The van der Waals surface area contributed by atoms with Crippen LogP contribution in [0.3, 0.4) is 0 Å². The van der Waals surface area contributed by atoms with Crippen molar-refractivity contribution in [1.29, 1.82) is 0 Å².